The predicted octanol–water partition coefficient (Wildman–Crippen LogP) is 1.73. The highest BCUT2D eigenvalue weighted by Crippen LogP contribution is 2.16. The molecule has 1 amide bonds. The van der Waals surface area contributed by atoms with Crippen LogP contribution in [0, 0.1) is 6.92 Å². The van der Waals surface area contributed by atoms with E-state index in [1.807, 2.05) is 26.0 Å². The number of amides is 1. The molecule has 1 atom stereocenters. The van der Waals surface area contributed by atoms with E-state index in [0.717, 1.165) is 12.0 Å². The summed E-state index contributed by atoms with van der Waals surface area (Å²) in [4.78, 5) is 12.0. The van der Waals surface area contributed by atoms with Gasteiger partial charge in [0, 0.05) is 25.4 Å². The third-order valence-electron chi connectivity index (χ3n) is 2.70. The third kappa shape index (κ3) is 3.75. The molecule has 1 aromatic rings. The molecule has 1 unspecified atom stereocenters. The van der Waals surface area contributed by atoms with Crippen molar-refractivity contribution in [2.24, 2.45) is 0 Å². The average Bonchev–Trinajstić information content (AvgIpc) is 2.29. The molecule has 0 aliphatic rings. The van der Waals surface area contributed by atoms with E-state index in [1.165, 1.54) is 0 Å². The van der Waals surface area contributed by atoms with Crippen LogP contribution < -0.4 is 11.1 Å². The van der Waals surface area contributed by atoms with Gasteiger partial charge in [0.1, 0.15) is 0 Å². The number of para-hydroxylation sites is 1. The van der Waals surface area contributed by atoms with Crippen LogP contribution in [0.1, 0.15) is 29.3 Å². The topological polar surface area (TPSA) is 64.3 Å². The van der Waals surface area contributed by atoms with Gasteiger partial charge in [0.15, 0.2) is 0 Å². The summed E-state index contributed by atoms with van der Waals surface area (Å²) in [7, 11) is 1.65. The van der Waals surface area contributed by atoms with Crippen LogP contribution in [0.15, 0.2) is 18.2 Å². The molecule has 4 heteroatoms. The zero-order valence-corrected chi connectivity index (χ0v) is 10.6. The fourth-order valence-corrected chi connectivity index (χ4v) is 1.55. The molecule has 0 heterocycles. The number of aryl methyl sites for hydroxylation is 1. The van der Waals surface area contributed by atoms with E-state index in [1.54, 1.807) is 13.2 Å². The Kier molecular flexibility index (Phi) is 4.97. The van der Waals surface area contributed by atoms with Crippen molar-refractivity contribution in [2.45, 2.75) is 26.3 Å². The normalized spacial score (nSPS) is 12.2. The summed E-state index contributed by atoms with van der Waals surface area (Å²) in [6.45, 7) is 4.47. The first kappa shape index (κ1) is 13.5. The number of rotatable bonds is 5. The SMILES string of the molecule is COCCC(C)NC(=O)c1cccc(C)c1N. The molecular formula is C13H20N2O2. The van der Waals surface area contributed by atoms with E-state index in [4.69, 9.17) is 10.5 Å². The Morgan fingerprint density at radius 3 is 2.88 bits per heavy atom. The molecular weight excluding hydrogens is 216 g/mol. The monoisotopic (exact) mass is 236 g/mol. The van der Waals surface area contributed by atoms with Crippen molar-refractivity contribution in [2.75, 3.05) is 19.5 Å². The molecule has 0 aromatic heterocycles. The highest BCUT2D eigenvalue weighted by atomic mass is 16.5. The van der Waals surface area contributed by atoms with Crippen LogP contribution in [-0.2, 0) is 4.74 Å². The van der Waals surface area contributed by atoms with E-state index in [9.17, 15) is 4.79 Å². The minimum atomic E-state index is -0.130. The molecule has 0 aliphatic heterocycles. The summed E-state index contributed by atoms with van der Waals surface area (Å²) in [6, 6.07) is 5.53. The van der Waals surface area contributed by atoms with Gasteiger partial charge in [-0.1, -0.05) is 12.1 Å². The van der Waals surface area contributed by atoms with Gasteiger partial charge >= 0.3 is 0 Å². The molecule has 0 radical (unpaired) electrons. The van der Waals surface area contributed by atoms with E-state index in [0.29, 0.717) is 17.9 Å². The zero-order chi connectivity index (χ0) is 12.8. The fraction of sp³-hybridized carbons (Fsp3) is 0.462. The van der Waals surface area contributed by atoms with E-state index < -0.39 is 0 Å². The highest BCUT2D eigenvalue weighted by molar-refractivity contribution is 5.99. The number of hydrogen-bond acceptors (Lipinski definition) is 3. The first-order valence-electron chi connectivity index (χ1n) is 5.71. The van der Waals surface area contributed by atoms with Crippen LogP contribution >= 0.6 is 0 Å². The van der Waals surface area contributed by atoms with Crippen LogP contribution in [0.4, 0.5) is 5.69 Å². The number of hydrogen-bond donors (Lipinski definition) is 2. The minimum absolute atomic E-state index is 0.0716. The van der Waals surface area contributed by atoms with Crippen molar-refractivity contribution in [3.8, 4) is 0 Å². The number of nitrogens with two attached hydrogens (primary N) is 1. The summed E-state index contributed by atoms with van der Waals surface area (Å²) < 4.78 is 4.97. The van der Waals surface area contributed by atoms with Crippen LogP contribution in [0.2, 0.25) is 0 Å². The van der Waals surface area contributed by atoms with Gasteiger partial charge in [-0.25, -0.2) is 0 Å². The Labute approximate surface area is 102 Å². The van der Waals surface area contributed by atoms with Gasteiger partial charge in [-0.15, -0.1) is 0 Å². The largest absolute Gasteiger partial charge is 0.398 e. The molecule has 0 saturated carbocycles. The second-order valence-corrected chi connectivity index (χ2v) is 4.19. The standard InChI is InChI=1S/C13H20N2O2/c1-9-5-4-6-11(12(9)14)13(16)15-10(2)7-8-17-3/h4-6,10H,7-8,14H2,1-3H3,(H,15,16). The molecule has 4 nitrogen and oxygen atoms in total. The number of methoxy groups -OCH3 is 1. The smallest absolute Gasteiger partial charge is 0.253 e. The van der Waals surface area contributed by atoms with Crippen LogP contribution in [-0.4, -0.2) is 25.7 Å². The van der Waals surface area contributed by atoms with Gasteiger partial charge in [0.2, 0.25) is 0 Å². The lowest BCUT2D eigenvalue weighted by atomic mass is 10.1. The molecule has 1 rings (SSSR count). The molecule has 0 fully saturated rings. The Balaban J connectivity index is 2.67. The van der Waals surface area contributed by atoms with Crippen molar-refractivity contribution in [3.05, 3.63) is 29.3 Å². The van der Waals surface area contributed by atoms with Crippen molar-refractivity contribution < 1.29 is 9.53 Å². The molecule has 0 aliphatic carbocycles. The molecule has 0 bridgehead atoms. The zero-order valence-electron chi connectivity index (χ0n) is 10.6. The Hall–Kier alpha value is -1.55. The summed E-state index contributed by atoms with van der Waals surface area (Å²) in [5.41, 5.74) is 7.87. The van der Waals surface area contributed by atoms with Gasteiger partial charge in [-0.05, 0) is 31.9 Å². The molecule has 0 saturated heterocycles. The van der Waals surface area contributed by atoms with E-state index in [-0.39, 0.29) is 11.9 Å². The number of nitrogen functional groups attached to an aromatic ring is 1. The molecule has 0 spiro atoms. The Morgan fingerprint density at radius 2 is 2.24 bits per heavy atom. The second-order valence-electron chi connectivity index (χ2n) is 4.19. The van der Waals surface area contributed by atoms with E-state index >= 15 is 0 Å². The molecule has 1 aromatic carbocycles. The second kappa shape index (κ2) is 6.25. The number of carbonyl (C=O) groups excluding carboxylic acids is 1. The van der Waals surface area contributed by atoms with Crippen molar-refractivity contribution in [1.29, 1.82) is 0 Å². The predicted molar refractivity (Wildman–Crippen MR) is 69.0 cm³/mol. The number of benzene rings is 1. The Morgan fingerprint density at radius 1 is 1.53 bits per heavy atom. The maximum Gasteiger partial charge on any atom is 0.253 e. The molecule has 94 valence electrons. The lowest BCUT2D eigenvalue weighted by Gasteiger charge is -2.14. The lowest BCUT2D eigenvalue weighted by Crippen LogP contribution is -2.33. The molecule has 3 N–H and O–H groups in total. The first-order valence-corrected chi connectivity index (χ1v) is 5.71. The molecule has 17 heavy (non-hydrogen) atoms. The highest BCUT2D eigenvalue weighted by Gasteiger charge is 2.13. The lowest BCUT2D eigenvalue weighted by molar-refractivity contribution is 0.0930. The van der Waals surface area contributed by atoms with Crippen molar-refractivity contribution in [3.63, 3.8) is 0 Å². The van der Waals surface area contributed by atoms with Crippen LogP contribution in [0.25, 0.3) is 0 Å². The summed E-state index contributed by atoms with van der Waals surface area (Å²) in [6.07, 6.45) is 0.786. The number of carbonyl (C=O) groups is 1. The average molecular weight is 236 g/mol. The quantitative estimate of drug-likeness (QED) is 0.765. The first-order chi connectivity index (χ1) is 8.06. The van der Waals surface area contributed by atoms with Gasteiger partial charge in [0.25, 0.3) is 5.91 Å². The summed E-state index contributed by atoms with van der Waals surface area (Å²) in [5, 5.41) is 2.90. The number of anilines is 1. The van der Waals surface area contributed by atoms with Gasteiger partial charge in [0.05, 0.1) is 5.56 Å². The minimum Gasteiger partial charge on any atom is -0.398 e. The van der Waals surface area contributed by atoms with Gasteiger partial charge < -0.3 is 15.8 Å². The van der Waals surface area contributed by atoms with Gasteiger partial charge in [-0.2, -0.15) is 0 Å². The van der Waals surface area contributed by atoms with Crippen molar-refractivity contribution >= 4 is 11.6 Å². The van der Waals surface area contributed by atoms with E-state index in [2.05, 4.69) is 5.32 Å². The maximum absolute atomic E-state index is 12.0. The number of nitrogens with one attached hydrogen (secondary N) is 1. The fourth-order valence-electron chi connectivity index (χ4n) is 1.55. The van der Waals surface area contributed by atoms with Gasteiger partial charge in [-0.3, -0.25) is 4.79 Å². The summed E-state index contributed by atoms with van der Waals surface area (Å²) in [5.74, 6) is -0.130. The number of ether oxygens (including phenoxy) is 1. The Bertz CT molecular complexity index is 391. The summed E-state index contributed by atoms with van der Waals surface area (Å²) >= 11 is 0. The van der Waals surface area contributed by atoms with Crippen molar-refractivity contribution in [1.82, 2.24) is 5.32 Å². The van der Waals surface area contributed by atoms with Crippen LogP contribution in [0.3, 0.4) is 0 Å². The maximum atomic E-state index is 12.0. The van der Waals surface area contributed by atoms with Crippen LogP contribution in [0.5, 0.6) is 0 Å². The third-order valence-corrected chi connectivity index (χ3v) is 2.70.